The molecule has 0 radical (unpaired) electrons. The number of rotatable bonds is 2. The Morgan fingerprint density at radius 2 is 1.95 bits per heavy atom. The summed E-state index contributed by atoms with van der Waals surface area (Å²) in [5.41, 5.74) is 1.98. The summed E-state index contributed by atoms with van der Waals surface area (Å²) in [6, 6.07) is 6.03. The molecule has 0 aliphatic heterocycles. The first-order valence-corrected chi connectivity index (χ1v) is 7.22. The molecule has 0 fully saturated rings. The Morgan fingerprint density at radius 3 is 2.48 bits per heavy atom. The quantitative estimate of drug-likeness (QED) is 0.822. The largest absolute Gasteiger partial charge is 0.444 e. The normalized spacial score (nSPS) is 20.8. The molecule has 0 saturated carbocycles. The maximum Gasteiger partial charge on any atom is 0.408 e. The van der Waals surface area contributed by atoms with Gasteiger partial charge >= 0.3 is 6.09 Å². The Kier molecular flexibility index (Phi) is 3.87. The predicted octanol–water partition coefficient (Wildman–Crippen LogP) is 0.896. The van der Waals surface area contributed by atoms with Gasteiger partial charge in [0.05, 0.1) is 0 Å². The first kappa shape index (κ1) is 15.6. The number of fused-ring (bicyclic) bond motifs is 1. The Labute approximate surface area is 126 Å². The standard InChI is InChI=1S/C16H22BNO3/c1-10(19)16(18-14(20)21-15(2,3)4)8-11-6-5-7-13(17)12(11)9-16/h5-7H,8-9,17H2,1-4H3,(H,18,20)/t16-/m1/s1. The molecule has 0 heterocycles. The zero-order chi connectivity index (χ0) is 15.8. The van der Waals surface area contributed by atoms with Crippen LogP contribution < -0.4 is 10.8 Å². The first-order chi connectivity index (χ1) is 9.63. The topological polar surface area (TPSA) is 55.4 Å². The molecule has 21 heavy (non-hydrogen) atoms. The van der Waals surface area contributed by atoms with Gasteiger partial charge in [0.1, 0.15) is 19.0 Å². The second-order valence-electron chi connectivity index (χ2n) is 6.83. The van der Waals surface area contributed by atoms with Crippen LogP contribution in [0.1, 0.15) is 38.8 Å². The smallest absolute Gasteiger partial charge is 0.408 e. The summed E-state index contributed by atoms with van der Waals surface area (Å²) in [7, 11) is 2.03. The summed E-state index contributed by atoms with van der Waals surface area (Å²) < 4.78 is 5.30. The molecule has 0 unspecified atom stereocenters. The highest BCUT2D eigenvalue weighted by molar-refractivity contribution is 6.33. The monoisotopic (exact) mass is 287 g/mol. The van der Waals surface area contributed by atoms with Gasteiger partial charge in [0.2, 0.25) is 0 Å². The number of nitrogens with one attached hydrogen (secondary N) is 1. The zero-order valence-corrected chi connectivity index (χ0v) is 13.4. The highest BCUT2D eigenvalue weighted by atomic mass is 16.6. The Hall–Kier alpha value is -1.78. The van der Waals surface area contributed by atoms with Gasteiger partial charge in [-0.25, -0.2) is 4.79 Å². The molecule has 4 nitrogen and oxygen atoms in total. The SMILES string of the molecule is Bc1cccc2c1C[C@@](NC(=O)OC(C)(C)C)(C(C)=O)C2. The fourth-order valence-electron chi connectivity index (χ4n) is 2.80. The van der Waals surface area contributed by atoms with Gasteiger partial charge in [-0.2, -0.15) is 0 Å². The average Bonchev–Trinajstić information content (AvgIpc) is 2.67. The number of amides is 1. The van der Waals surface area contributed by atoms with E-state index in [9.17, 15) is 9.59 Å². The lowest BCUT2D eigenvalue weighted by Gasteiger charge is -2.29. The molecule has 112 valence electrons. The van der Waals surface area contributed by atoms with Gasteiger partial charge in [0.15, 0.2) is 5.78 Å². The van der Waals surface area contributed by atoms with Gasteiger partial charge in [-0.15, -0.1) is 0 Å². The van der Waals surface area contributed by atoms with Crippen LogP contribution in [-0.2, 0) is 22.4 Å². The lowest BCUT2D eigenvalue weighted by molar-refractivity contribution is -0.123. The van der Waals surface area contributed by atoms with Gasteiger partial charge in [-0.05, 0) is 38.8 Å². The van der Waals surface area contributed by atoms with Crippen molar-refractivity contribution in [1.82, 2.24) is 5.32 Å². The minimum Gasteiger partial charge on any atom is -0.444 e. The molecule has 1 aromatic rings. The molecule has 1 amide bonds. The number of ether oxygens (including phenoxy) is 1. The number of benzene rings is 1. The lowest BCUT2D eigenvalue weighted by Crippen LogP contribution is -2.55. The third-order valence-electron chi connectivity index (χ3n) is 3.89. The second kappa shape index (κ2) is 5.21. The van der Waals surface area contributed by atoms with Crippen LogP contribution in [0.3, 0.4) is 0 Å². The molecule has 0 bridgehead atoms. The van der Waals surface area contributed by atoms with Crippen molar-refractivity contribution in [2.45, 2.75) is 51.7 Å². The fourth-order valence-corrected chi connectivity index (χ4v) is 2.80. The van der Waals surface area contributed by atoms with Crippen LogP contribution in [0.5, 0.6) is 0 Å². The highest BCUT2D eigenvalue weighted by Gasteiger charge is 2.43. The van der Waals surface area contributed by atoms with E-state index in [0.717, 1.165) is 16.6 Å². The Balaban J connectivity index is 2.24. The molecular weight excluding hydrogens is 265 g/mol. The van der Waals surface area contributed by atoms with Crippen molar-refractivity contribution in [2.75, 3.05) is 0 Å². The zero-order valence-electron chi connectivity index (χ0n) is 13.4. The maximum absolute atomic E-state index is 12.2. The molecule has 0 aromatic heterocycles. The minimum atomic E-state index is -0.878. The number of carbonyl (C=O) groups is 2. The third-order valence-corrected chi connectivity index (χ3v) is 3.89. The van der Waals surface area contributed by atoms with E-state index in [-0.39, 0.29) is 5.78 Å². The van der Waals surface area contributed by atoms with Crippen molar-refractivity contribution < 1.29 is 14.3 Å². The van der Waals surface area contributed by atoms with Gasteiger partial charge in [0, 0.05) is 12.8 Å². The van der Waals surface area contributed by atoms with Crippen molar-refractivity contribution >= 4 is 25.2 Å². The number of hydrogen-bond acceptors (Lipinski definition) is 3. The van der Waals surface area contributed by atoms with Gasteiger partial charge < -0.3 is 10.1 Å². The number of alkyl carbamates (subject to hydrolysis) is 1. The second-order valence-corrected chi connectivity index (χ2v) is 6.83. The van der Waals surface area contributed by atoms with Crippen molar-refractivity contribution in [1.29, 1.82) is 0 Å². The van der Waals surface area contributed by atoms with E-state index < -0.39 is 17.2 Å². The fraction of sp³-hybridized carbons (Fsp3) is 0.500. The van der Waals surface area contributed by atoms with Gasteiger partial charge in [-0.3, -0.25) is 4.79 Å². The van der Waals surface area contributed by atoms with E-state index in [1.54, 1.807) is 20.8 Å². The highest BCUT2D eigenvalue weighted by Crippen LogP contribution is 2.30. The molecule has 1 aromatic carbocycles. The van der Waals surface area contributed by atoms with Crippen molar-refractivity contribution in [3.8, 4) is 0 Å². The minimum absolute atomic E-state index is 0.0380. The summed E-state index contributed by atoms with van der Waals surface area (Å²) in [6.07, 6.45) is 0.519. The third kappa shape index (κ3) is 3.28. The molecule has 0 saturated heterocycles. The van der Waals surface area contributed by atoms with Gasteiger partial charge in [-0.1, -0.05) is 23.7 Å². The van der Waals surface area contributed by atoms with E-state index >= 15 is 0 Å². The summed E-state index contributed by atoms with van der Waals surface area (Å²) in [5, 5.41) is 2.81. The van der Waals surface area contributed by atoms with Crippen LogP contribution >= 0.6 is 0 Å². The summed E-state index contributed by atoms with van der Waals surface area (Å²) in [4.78, 5) is 24.3. The number of hydrogen-bond donors (Lipinski definition) is 1. The molecule has 1 N–H and O–H groups in total. The van der Waals surface area contributed by atoms with Crippen molar-refractivity contribution in [3.63, 3.8) is 0 Å². The Bertz CT molecular complexity index is 592. The lowest BCUT2D eigenvalue weighted by atomic mass is 9.86. The van der Waals surface area contributed by atoms with E-state index in [2.05, 4.69) is 5.32 Å². The van der Waals surface area contributed by atoms with Crippen LogP contribution in [0, 0.1) is 0 Å². The first-order valence-electron chi connectivity index (χ1n) is 7.22. The van der Waals surface area contributed by atoms with Crippen LogP contribution in [0.4, 0.5) is 4.79 Å². The summed E-state index contributed by atoms with van der Waals surface area (Å²) in [6.45, 7) is 6.94. The summed E-state index contributed by atoms with van der Waals surface area (Å²) in [5.74, 6) is -0.0380. The number of carbonyl (C=O) groups excluding carboxylic acids is 2. The number of ketones is 1. The van der Waals surface area contributed by atoms with Gasteiger partial charge in [0.25, 0.3) is 0 Å². The van der Waals surface area contributed by atoms with E-state index in [4.69, 9.17) is 4.74 Å². The van der Waals surface area contributed by atoms with Crippen LogP contribution in [0.15, 0.2) is 18.2 Å². The maximum atomic E-state index is 12.2. The summed E-state index contributed by atoms with van der Waals surface area (Å²) >= 11 is 0. The van der Waals surface area contributed by atoms with E-state index in [1.807, 2.05) is 26.0 Å². The van der Waals surface area contributed by atoms with E-state index in [1.165, 1.54) is 6.92 Å². The van der Waals surface area contributed by atoms with Crippen LogP contribution in [0.25, 0.3) is 0 Å². The predicted molar refractivity (Wildman–Crippen MR) is 84.8 cm³/mol. The Morgan fingerprint density at radius 1 is 1.29 bits per heavy atom. The molecule has 5 heteroatoms. The van der Waals surface area contributed by atoms with Crippen LogP contribution in [0.2, 0.25) is 0 Å². The molecular formula is C16H22BNO3. The molecule has 1 aliphatic rings. The molecule has 0 spiro atoms. The van der Waals surface area contributed by atoms with E-state index in [0.29, 0.717) is 12.8 Å². The van der Waals surface area contributed by atoms with Crippen molar-refractivity contribution in [3.05, 3.63) is 29.3 Å². The molecule has 1 atom stereocenters. The van der Waals surface area contributed by atoms with Crippen LogP contribution in [-0.4, -0.2) is 30.9 Å². The average molecular weight is 287 g/mol. The molecule has 1 aliphatic carbocycles. The molecule has 2 rings (SSSR count). The van der Waals surface area contributed by atoms with Crippen molar-refractivity contribution in [2.24, 2.45) is 0 Å². The number of Topliss-reactive ketones (excluding diaryl/α,β-unsaturated/α-hetero) is 1.